The summed E-state index contributed by atoms with van der Waals surface area (Å²) in [5, 5.41) is 1.09. The van der Waals surface area contributed by atoms with Crippen LogP contribution in [0.3, 0.4) is 0 Å². The topological polar surface area (TPSA) is 96.6 Å². The Bertz CT molecular complexity index is 1770. The van der Waals surface area contributed by atoms with Gasteiger partial charge in [0.05, 0.1) is 12.6 Å². The molecule has 1 aromatic heterocycles. The number of aromatic nitrogens is 1. The van der Waals surface area contributed by atoms with Crippen molar-refractivity contribution in [1.82, 2.24) is 19.7 Å². The van der Waals surface area contributed by atoms with Crippen LogP contribution < -0.4 is 14.2 Å². The molecule has 2 amide bonds. The van der Waals surface area contributed by atoms with Gasteiger partial charge in [-0.1, -0.05) is 36.4 Å². The van der Waals surface area contributed by atoms with Crippen LogP contribution in [0.25, 0.3) is 10.9 Å². The smallest absolute Gasteiger partial charge is 0.246 e. The predicted octanol–water partition coefficient (Wildman–Crippen LogP) is 3.88. The van der Waals surface area contributed by atoms with Crippen LogP contribution in [0.2, 0.25) is 0 Å². The van der Waals surface area contributed by atoms with Crippen molar-refractivity contribution in [2.24, 2.45) is 0 Å². The van der Waals surface area contributed by atoms with Gasteiger partial charge in [0.1, 0.15) is 24.9 Å². The zero-order chi connectivity index (χ0) is 30.5. The number of aromatic amines is 1. The molecule has 8 rings (SSSR count). The molecule has 2 saturated heterocycles. The van der Waals surface area contributed by atoms with Crippen LogP contribution in [0, 0.1) is 0 Å². The van der Waals surface area contributed by atoms with Crippen LogP contribution in [0.4, 0.5) is 0 Å². The average Bonchev–Trinajstić information content (AvgIpc) is 3.80. The van der Waals surface area contributed by atoms with Crippen molar-refractivity contribution in [3.8, 4) is 17.2 Å². The molecule has 4 aromatic rings. The van der Waals surface area contributed by atoms with E-state index in [-0.39, 0.29) is 31.2 Å². The van der Waals surface area contributed by atoms with Gasteiger partial charge in [-0.3, -0.25) is 14.5 Å². The number of piperazine rings is 1. The van der Waals surface area contributed by atoms with Crippen molar-refractivity contribution in [3.05, 3.63) is 89.1 Å². The van der Waals surface area contributed by atoms with Gasteiger partial charge in [0.2, 0.25) is 18.6 Å². The molecule has 0 bridgehead atoms. The van der Waals surface area contributed by atoms with Crippen molar-refractivity contribution in [3.63, 3.8) is 0 Å². The normalized spacial score (nSPS) is 22.6. The van der Waals surface area contributed by atoms with E-state index in [1.165, 1.54) is 0 Å². The lowest BCUT2D eigenvalue weighted by Gasteiger charge is -2.48. The number of carbonyl (C=O) groups excluding carboxylic acids is 2. The number of nitrogens with one attached hydrogen (secondary N) is 1. The number of nitrogens with zero attached hydrogens (tertiary/aromatic N) is 3. The average molecular weight is 609 g/mol. The standard InChI is InChI=1S/C35H36N4O6/c1-42-13-14-43-25-6-4-5-22(15-25)18-37-12-11-24(19-37)38-20-32(40)39-29(35(38)41)17-27-26-7-2-3-8-28(26)36-33(27)34(39)23-9-10-30-31(16-23)45-21-44-30/h2-10,15-16,24,29,34,36H,11-14,17-21H2,1H3/t24-,29+,34+/m0/s1. The number of ether oxygens (including phenoxy) is 4. The zero-order valence-corrected chi connectivity index (χ0v) is 25.2. The number of carbonyl (C=O) groups is 2. The Kier molecular flexibility index (Phi) is 7.10. The Morgan fingerprint density at radius 1 is 0.978 bits per heavy atom. The van der Waals surface area contributed by atoms with Crippen LogP contribution in [0.1, 0.15) is 34.8 Å². The SMILES string of the molecule is COCCOc1cccc(CN2CC[C@H](N3CC(=O)N4[C@H](c5ccc6c(c5)OCO6)c5[nH]c6ccccc6c5C[C@@H]4C3=O)C2)c1. The molecule has 1 N–H and O–H groups in total. The molecule has 4 aliphatic heterocycles. The number of amides is 2. The number of methoxy groups -OCH3 is 1. The van der Waals surface area contributed by atoms with Crippen molar-refractivity contribution >= 4 is 22.7 Å². The van der Waals surface area contributed by atoms with E-state index in [4.69, 9.17) is 18.9 Å². The summed E-state index contributed by atoms with van der Waals surface area (Å²) in [7, 11) is 1.66. The predicted molar refractivity (Wildman–Crippen MR) is 166 cm³/mol. The molecular weight excluding hydrogens is 572 g/mol. The lowest BCUT2D eigenvalue weighted by Crippen LogP contribution is -2.65. The fraction of sp³-hybridized carbons (Fsp3) is 0.371. The maximum atomic E-state index is 14.4. The summed E-state index contributed by atoms with van der Waals surface area (Å²) >= 11 is 0. The molecule has 3 atom stereocenters. The van der Waals surface area contributed by atoms with Crippen LogP contribution in [0.5, 0.6) is 17.2 Å². The number of benzene rings is 3. The van der Waals surface area contributed by atoms with Gasteiger partial charge in [-0.25, -0.2) is 0 Å². The molecule has 45 heavy (non-hydrogen) atoms. The van der Waals surface area contributed by atoms with Crippen LogP contribution in [-0.2, 0) is 27.3 Å². The minimum atomic E-state index is -0.580. The second kappa shape index (κ2) is 11.4. The van der Waals surface area contributed by atoms with Gasteiger partial charge < -0.3 is 33.7 Å². The highest BCUT2D eigenvalue weighted by Crippen LogP contribution is 2.45. The number of rotatable bonds is 8. The van der Waals surface area contributed by atoms with Gasteiger partial charge in [0.25, 0.3) is 0 Å². The zero-order valence-electron chi connectivity index (χ0n) is 25.2. The fourth-order valence-electron chi connectivity index (χ4n) is 7.47. The van der Waals surface area contributed by atoms with E-state index in [2.05, 4.69) is 28.1 Å². The lowest BCUT2D eigenvalue weighted by molar-refractivity contribution is -0.160. The number of likely N-dealkylation sites (tertiary alicyclic amines) is 1. The van der Waals surface area contributed by atoms with E-state index >= 15 is 0 Å². The van der Waals surface area contributed by atoms with Crippen molar-refractivity contribution < 1.29 is 28.5 Å². The molecule has 10 heteroatoms. The van der Waals surface area contributed by atoms with Crippen LogP contribution >= 0.6 is 0 Å². The van der Waals surface area contributed by atoms with Gasteiger partial charge in [-0.15, -0.1) is 0 Å². The Morgan fingerprint density at radius 2 is 1.87 bits per heavy atom. The molecule has 0 spiro atoms. The highest BCUT2D eigenvalue weighted by atomic mass is 16.7. The van der Waals surface area contributed by atoms with E-state index in [9.17, 15) is 9.59 Å². The Labute approximate surface area is 261 Å². The van der Waals surface area contributed by atoms with Gasteiger partial charge in [-0.2, -0.15) is 0 Å². The fourth-order valence-corrected chi connectivity index (χ4v) is 7.47. The molecule has 2 fully saturated rings. The molecule has 0 aliphatic carbocycles. The van der Waals surface area contributed by atoms with Gasteiger partial charge in [0, 0.05) is 55.8 Å². The maximum absolute atomic E-state index is 14.4. The van der Waals surface area contributed by atoms with Crippen LogP contribution in [-0.4, -0.2) is 90.3 Å². The van der Waals surface area contributed by atoms with E-state index in [0.29, 0.717) is 31.1 Å². The minimum absolute atomic E-state index is 0.0157. The third kappa shape index (κ3) is 4.98. The Hall–Kier alpha value is -4.54. The first-order valence-electron chi connectivity index (χ1n) is 15.6. The first kappa shape index (κ1) is 28.0. The summed E-state index contributed by atoms with van der Waals surface area (Å²) in [5.74, 6) is 2.15. The summed E-state index contributed by atoms with van der Waals surface area (Å²) in [6.07, 6.45) is 1.31. The number of para-hydroxylation sites is 1. The summed E-state index contributed by atoms with van der Waals surface area (Å²) in [6.45, 7) is 3.64. The summed E-state index contributed by atoms with van der Waals surface area (Å²) in [4.78, 5) is 38.1. The molecule has 10 nitrogen and oxygen atoms in total. The highest BCUT2D eigenvalue weighted by molar-refractivity contribution is 5.98. The van der Waals surface area contributed by atoms with Crippen molar-refractivity contribution in [2.75, 3.05) is 46.8 Å². The van der Waals surface area contributed by atoms with E-state index in [1.54, 1.807) is 7.11 Å². The van der Waals surface area contributed by atoms with Crippen molar-refractivity contribution in [2.45, 2.75) is 37.5 Å². The quantitative estimate of drug-likeness (QED) is 0.304. The van der Waals surface area contributed by atoms with Gasteiger partial charge >= 0.3 is 0 Å². The Morgan fingerprint density at radius 3 is 2.78 bits per heavy atom. The van der Waals surface area contributed by atoms with Crippen LogP contribution in [0.15, 0.2) is 66.7 Å². The number of hydrogen-bond acceptors (Lipinski definition) is 7. The number of H-pyrrole nitrogens is 1. The maximum Gasteiger partial charge on any atom is 0.246 e. The molecule has 232 valence electrons. The molecule has 3 aromatic carbocycles. The molecular formula is C35H36N4O6. The molecule has 4 aliphatic rings. The molecule has 0 unspecified atom stereocenters. The first-order valence-corrected chi connectivity index (χ1v) is 15.6. The van der Waals surface area contributed by atoms with Gasteiger partial charge in [0.15, 0.2) is 11.5 Å². The third-order valence-electron chi connectivity index (χ3n) is 9.55. The molecule has 0 saturated carbocycles. The lowest BCUT2D eigenvalue weighted by atomic mass is 9.85. The number of hydrogen-bond donors (Lipinski definition) is 1. The summed E-state index contributed by atoms with van der Waals surface area (Å²) in [6, 6.07) is 21.1. The summed E-state index contributed by atoms with van der Waals surface area (Å²) < 4.78 is 22.1. The van der Waals surface area contributed by atoms with E-state index < -0.39 is 12.1 Å². The van der Waals surface area contributed by atoms with E-state index in [1.807, 2.05) is 58.3 Å². The minimum Gasteiger partial charge on any atom is -0.491 e. The highest BCUT2D eigenvalue weighted by Gasteiger charge is 2.50. The van der Waals surface area contributed by atoms with Gasteiger partial charge in [-0.05, 0) is 53.4 Å². The summed E-state index contributed by atoms with van der Waals surface area (Å²) in [5.41, 5.74) is 5.11. The largest absolute Gasteiger partial charge is 0.491 e. The monoisotopic (exact) mass is 608 g/mol. The van der Waals surface area contributed by atoms with E-state index in [0.717, 1.165) is 65.1 Å². The molecule has 0 radical (unpaired) electrons. The molecule has 5 heterocycles. The number of fused-ring (bicyclic) bond motifs is 5. The second-order valence-corrected chi connectivity index (χ2v) is 12.2. The third-order valence-corrected chi connectivity index (χ3v) is 9.55. The first-order chi connectivity index (χ1) is 22.1. The van der Waals surface area contributed by atoms with Crippen molar-refractivity contribution in [1.29, 1.82) is 0 Å². The Balaban J connectivity index is 1.05. The second-order valence-electron chi connectivity index (χ2n) is 12.2.